The van der Waals surface area contributed by atoms with Crippen molar-refractivity contribution in [2.45, 2.75) is 18.8 Å². The molecule has 0 bridgehead atoms. The minimum atomic E-state index is -0.433. The fraction of sp³-hybridized carbons (Fsp3) is 0.429. The summed E-state index contributed by atoms with van der Waals surface area (Å²) < 4.78 is 0. The summed E-state index contributed by atoms with van der Waals surface area (Å²) in [6, 6.07) is 3.54. The Hall–Kier alpha value is -1.88. The van der Waals surface area contributed by atoms with Gasteiger partial charge in [0.15, 0.2) is 0 Å². The van der Waals surface area contributed by atoms with Crippen LogP contribution >= 0.6 is 0 Å². The lowest BCUT2D eigenvalue weighted by molar-refractivity contribution is 0.0995. The van der Waals surface area contributed by atoms with E-state index in [4.69, 9.17) is 5.73 Å². The van der Waals surface area contributed by atoms with E-state index in [0.29, 0.717) is 11.6 Å². The van der Waals surface area contributed by atoms with E-state index in [-0.39, 0.29) is 0 Å². The van der Waals surface area contributed by atoms with Gasteiger partial charge >= 0.3 is 0 Å². The molecule has 100 valence electrons. The third-order valence-electron chi connectivity index (χ3n) is 3.98. The number of aromatic amines is 1. The van der Waals surface area contributed by atoms with Crippen LogP contribution in [0.5, 0.6) is 0 Å². The van der Waals surface area contributed by atoms with Gasteiger partial charge in [-0.3, -0.25) is 9.78 Å². The summed E-state index contributed by atoms with van der Waals surface area (Å²) in [5.74, 6) is 0.0815. The number of nitrogens with zero attached hydrogens (tertiary/aromatic N) is 2. The van der Waals surface area contributed by atoms with Crippen molar-refractivity contribution < 1.29 is 4.79 Å². The van der Waals surface area contributed by atoms with Gasteiger partial charge < -0.3 is 15.6 Å². The number of fused-ring (bicyclic) bond motifs is 1. The molecule has 1 fully saturated rings. The number of amides is 1. The number of primary amides is 1. The molecule has 3 heterocycles. The van der Waals surface area contributed by atoms with Crippen molar-refractivity contribution in [1.29, 1.82) is 0 Å². The van der Waals surface area contributed by atoms with Gasteiger partial charge in [-0.2, -0.15) is 0 Å². The Labute approximate surface area is 112 Å². The Bertz CT molecular complexity index is 569. The molecule has 0 spiro atoms. The molecule has 3 aliphatic rings. The second-order valence-corrected chi connectivity index (χ2v) is 5.29. The molecular weight excluding hydrogens is 240 g/mol. The number of rotatable bonds is 2. The largest absolute Gasteiger partial charge is 0.364 e. The molecule has 1 saturated heterocycles. The van der Waals surface area contributed by atoms with E-state index in [9.17, 15) is 4.79 Å². The van der Waals surface area contributed by atoms with Crippen molar-refractivity contribution in [2.75, 3.05) is 20.1 Å². The molecule has 3 rings (SSSR count). The van der Waals surface area contributed by atoms with Gasteiger partial charge in [0.05, 0.1) is 11.4 Å². The van der Waals surface area contributed by atoms with Crippen LogP contribution in [0, 0.1) is 0 Å². The average Bonchev–Trinajstić information content (AvgIpc) is 2.82. The van der Waals surface area contributed by atoms with Crippen LogP contribution in [0.2, 0.25) is 0 Å². The van der Waals surface area contributed by atoms with Gasteiger partial charge in [0, 0.05) is 6.20 Å². The van der Waals surface area contributed by atoms with Crippen molar-refractivity contribution >= 4 is 5.91 Å². The third-order valence-corrected chi connectivity index (χ3v) is 3.98. The average molecular weight is 258 g/mol. The Morgan fingerprint density at radius 3 is 2.84 bits per heavy atom. The van der Waals surface area contributed by atoms with Crippen molar-refractivity contribution in [3.63, 3.8) is 0 Å². The van der Waals surface area contributed by atoms with Crippen molar-refractivity contribution in [3.05, 3.63) is 29.6 Å². The number of likely N-dealkylation sites (tertiary alicyclic amines) is 1. The predicted molar refractivity (Wildman–Crippen MR) is 73.2 cm³/mol. The summed E-state index contributed by atoms with van der Waals surface area (Å²) in [6.07, 6.45) is 4.19. The van der Waals surface area contributed by atoms with E-state index in [0.717, 1.165) is 37.3 Å². The van der Waals surface area contributed by atoms with Crippen molar-refractivity contribution in [3.8, 4) is 11.4 Å². The molecule has 3 aliphatic heterocycles. The molecule has 0 saturated carbocycles. The number of piperidine rings is 1. The quantitative estimate of drug-likeness (QED) is 0.855. The summed E-state index contributed by atoms with van der Waals surface area (Å²) >= 11 is 0. The predicted octanol–water partition coefficient (Wildman–Crippen LogP) is 1.42. The fourth-order valence-electron chi connectivity index (χ4n) is 2.79. The lowest BCUT2D eigenvalue weighted by atomic mass is 9.89. The summed E-state index contributed by atoms with van der Waals surface area (Å²) in [6.45, 7) is 2.21. The van der Waals surface area contributed by atoms with E-state index >= 15 is 0 Å². The number of H-pyrrole nitrogens is 1. The molecule has 0 aromatic heterocycles. The number of hydrogen-bond acceptors (Lipinski definition) is 3. The maximum atomic E-state index is 11.3. The molecule has 5 nitrogen and oxygen atoms in total. The Morgan fingerprint density at radius 2 is 2.16 bits per heavy atom. The highest BCUT2D eigenvalue weighted by molar-refractivity contribution is 5.91. The molecule has 0 radical (unpaired) electrons. The number of nitrogens with two attached hydrogens (primary N) is 1. The lowest BCUT2D eigenvalue weighted by Gasteiger charge is -2.28. The third kappa shape index (κ3) is 2.21. The first-order chi connectivity index (χ1) is 9.15. The number of aromatic nitrogens is 2. The van der Waals surface area contributed by atoms with Gasteiger partial charge in [-0.15, -0.1) is 0 Å². The first-order valence-electron chi connectivity index (χ1n) is 6.61. The van der Waals surface area contributed by atoms with Crippen LogP contribution in [-0.2, 0) is 0 Å². The van der Waals surface area contributed by atoms with E-state index in [1.54, 1.807) is 6.07 Å². The highest BCUT2D eigenvalue weighted by atomic mass is 16.1. The standard InChI is InChI=1S/C14H18N4O/c1-18-6-4-9(5-7-18)10-8-16-11-2-3-12(14(15)19)17-13(10)11/h2-3,8-9,17H,4-7H2,1H3,(H2,15,19). The Kier molecular flexibility index (Phi) is 2.98. The van der Waals surface area contributed by atoms with E-state index in [1.165, 1.54) is 5.56 Å². The topological polar surface area (TPSA) is 75.0 Å². The van der Waals surface area contributed by atoms with Crippen LogP contribution in [0.4, 0.5) is 0 Å². The highest BCUT2D eigenvalue weighted by Gasteiger charge is 2.24. The minimum Gasteiger partial charge on any atom is -0.364 e. The molecule has 3 N–H and O–H groups in total. The number of carbonyl (C=O) groups excluding carboxylic acids is 1. The maximum absolute atomic E-state index is 11.3. The van der Waals surface area contributed by atoms with Gasteiger partial charge in [0.2, 0.25) is 0 Å². The molecule has 0 aliphatic carbocycles. The van der Waals surface area contributed by atoms with Crippen LogP contribution in [-0.4, -0.2) is 40.9 Å². The second kappa shape index (κ2) is 4.66. The fourth-order valence-corrected chi connectivity index (χ4v) is 2.79. The molecule has 0 atom stereocenters. The second-order valence-electron chi connectivity index (χ2n) is 5.29. The zero-order valence-corrected chi connectivity index (χ0v) is 11.0. The number of nitrogens with one attached hydrogen (secondary N) is 1. The van der Waals surface area contributed by atoms with Gasteiger partial charge in [-0.1, -0.05) is 0 Å². The van der Waals surface area contributed by atoms with Gasteiger partial charge in [-0.05, 0) is 56.6 Å². The summed E-state index contributed by atoms with van der Waals surface area (Å²) in [5.41, 5.74) is 8.84. The van der Waals surface area contributed by atoms with Crippen LogP contribution in [0.1, 0.15) is 34.8 Å². The monoisotopic (exact) mass is 258 g/mol. The molecule has 0 aromatic carbocycles. The van der Waals surface area contributed by atoms with Gasteiger partial charge in [0.25, 0.3) is 5.91 Å². The normalized spacial score (nSPS) is 17.9. The zero-order valence-electron chi connectivity index (χ0n) is 11.0. The first kappa shape index (κ1) is 12.2. The highest BCUT2D eigenvalue weighted by Crippen LogP contribution is 2.35. The zero-order chi connectivity index (χ0) is 13.4. The van der Waals surface area contributed by atoms with Crippen LogP contribution in [0.15, 0.2) is 18.3 Å². The van der Waals surface area contributed by atoms with Crippen LogP contribution in [0.25, 0.3) is 11.4 Å². The smallest absolute Gasteiger partial charge is 0.265 e. The maximum Gasteiger partial charge on any atom is 0.265 e. The molecule has 0 aromatic rings. The van der Waals surface area contributed by atoms with E-state index in [2.05, 4.69) is 21.9 Å². The van der Waals surface area contributed by atoms with Gasteiger partial charge in [-0.25, -0.2) is 0 Å². The Morgan fingerprint density at radius 1 is 1.42 bits per heavy atom. The van der Waals surface area contributed by atoms with E-state index in [1.807, 2.05) is 12.3 Å². The Balaban J connectivity index is 1.96. The molecular formula is C14H18N4O. The summed E-state index contributed by atoms with van der Waals surface area (Å²) in [4.78, 5) is 21.2. The van der Waals surface area contributed by atoms with Crippen LogP contribution < -0.4 is 5.73 Å². The number of carbonyl (C=O) groups is 1. The summed E-state index contributed by atoms with van der Waals surface area (Å²) in [7, 11) is 2.15. The van der Waals surface area contributed by atoms with Crippen molar-refractivity contribution in [2.24, 2.45) is 5.73 Å². The lowest BCUT2D eigenvalue weighted by Crippen LogP contribution is -2.29. The van der Waals surface area contributed by atoms with Gasteiger partial charge in [0.1, 0.15) is 5.69 Å². The number of pyridine rings is 1. The molecule has 0 unspecified atom stereocenters. The first-order valence-corrected chi connectivity index (χ1v) is 6.61. The van der Waals surface area contributed by atoms with Crippen molar-refractivity contribution in [1.82, 2.24) is 14.9 Å². The minimum absolute atomic E-state index is 0.433. The summed E-state index contributed by atoms with van der Waals surface area (Å²) in [5, 5.41) is 0. The SMILES string of the molecule is CN1CCC(c2cnc3ccc(C(N)=O)[nH]c2-3)CC1. The van der Waals surface area contributed by atoms with Crippen LogP contribution in [0.3, 0.4) is 0 Å². The molecule has 1 amide bonds. The number of hydrogen-bond donors (Lipinski definition) is 2. The van der Waals surface area contributed by atoms with E-state index < -0.39 is 5.91 Å². The molecule has 19 heavy (non-hydrogen) atoms. The molecule has 5 heteroatoms.